The van der Waals surface area contributed by atoms with Crippen molar-refractivity contribution in [2.75, 3.05) is 31.6 Å². The second-order valence-corrected chi connectivity index (χ2v) is 5.10. The van der Waals surface area contributed by atoms with Gasteiger partial charge in [0.05, 0.1) is 17.3 Å². The summed E-state index contributed by atoms with van der Waals surface area (Å²) in [5, 5.41) is 12.4. The number of halogens is 1. The van der Waals surface area contributed by atoms with E-state index < -0.39 is 0 Å². The minimum Gasteiger partial charge on any atom is -0.395 e. The van der Waals surface area contributed by atoms with Gasteiger partial charge in [-0.15, -0.1) is 0 Å². The number of aliphatic hydroxyl groups is 1. The first-order valence-electron chi connectivity index (χ1n) is 7.05. The van der Waals surface area contributed by atoms with Crippen LogP contribution in [-0.4, -0.2) is 42.2 Å². The lowest BCUT2D eigenvalue weighted by Gasteiger charge is -2.20. The highest BCUT2D eigenvalue weighted by Gasteiger charge is 2.09. The molecule has 0 aliphatic rings. The van der Waals surface area contributed by atoms with Crippen molar-refractivity contribution < 1.29 is 9.90 Å². The lowest BCUT2D eigenvalue weighted by atomic mass is 10.2. The number of benzene rings is 1. The normalized spacial score (nSPS) is 10.8. The Morgan fingerprint density at radius 2 is 2.05 bits per heavy atom. The molecule has 112 valence electrons. The highest BCUT2D eigenvalue weighted by Crippen LogP contribution is 2.20. The number of amides is 1. The van der Waals surface area contributed by atoms with E-state index >= 15 is 0 Å². The SMILES string of the molecule is CCCCN(CCO)CCC(=O)Nc1ccccc1Cl. The number of unbranched alkanes of at least 4 members (excludes halogenated alkanes) is 1. The predicted octanol–water partition coefficient (Wildman–Crippen LogP) is 2.76. The van der Waals surface area contributed by atoms with Gasteiger partial charge in [-0.1, -0.05) is 37.1 Å². The van der Waals surface area contributed by atoms with Gasteiger partial charge in [0.15, 0.2) is 0 Å². The number of nitrogens with zero attached hydrogens (tertiary/aromatic N) is 1. The van der Waals surface area contributed by atoms with Crippen LogP contribution in [-0.2, 0) is 4.79 Å². The molecule has 0 aliphatic carbocycles. The van der Waals surface area contributed by atoms with Crippen LogP contribution in [0.15, 0.2) is 24.3 Å². The van der Waals surface area contributed by atoms with E-state index in [1.807, 2.05) is 12.1 Å². The first-order valence-corrected chi connectivity index (χ1v) is 7.42. The third kappa shape index (κ3) is 6.37. The van der Waals surface area contributed by atoms with Crippen LogP contribution < -0.4 is 5.32 Å². The van der Waals surface area contributed by atoms with Crippen LogP contribution in [0.5, 0.6) is 0 Å². The molecule has 0 saturated carbocycles. The number of hydrogen-bond acceptors (Lipinski definition) is 3. The van der Waals surface area contributed by atoms with Crippen LogP contribution in [0.3, 0.4) is 0 Å². The Morgan fingerprint density at radius 3 is 2.70 bits per heavy atom. The lowest BCUT2D eigenvalue weighted by Crippen LogP contribution is -2.31. The molecule has 1 amide bonds. The molecule has 0 aliphatic heterocycles. The fourth-order valence-electron chi connectivity index (χ4n) is 1.89. The molecule has 0 aromatic heterocycles. The molecule has 2 N–H and O–H groups in total. The van der Waals surface area contributed by atoms with Crippen molar-refractivity contribution in [3.05, 3.63) is 29.3 Å². The molecule has 0 unspecified atom stereocenters. The van der Waals surface area contributed by atoms with Gasteiger partial charge < -0.3 is 15.3 Å². The number of para-hydroxylation sites is 1. The molecule has 1 rings (SSSR count). The molecule has 4 nitrogen and oxygen atoms in total. The third-order valence-electron chi connectivity index (χ3n) is 3.05. The predicted molar refractivity (Wildman–Crippen MR) is 83.1 cm³/mol. The van der Waals surface area contributed by atoms with E-state index in [0.717, 1.165) is 19.4 Å². The Morgan fingerprint density at radius 1 is 1.30 bits per heavy atom. The summed E-state index contributed by atoms with van der Waals surface area (Å²) in [6, 6.07) is 7.19. The molecule has 0 saturated heterocycles. The molecule has 0 atom stereocenters. The summed E-state index contributed by atoms with van der Waals surface area (Å²) in [5.74, 6) is -0.0578. The summed E-state index contributed by atoms with van der Waals surface area (Å²) in [5.41, 5.74) is 0.640. The molecular weight excluding hydrogens is 276 g/mol. The van der Waals surface area contributed by atoms with E-state index in [9.17, 15) is 4.79 Å². The Bertz CT molecular complexity index is 413. The first kappa shape index (κ1) is 17.0. The fraction of sp³-hybridized carbons (Fsp3) is 0.533. The zero-order chi connectivity index (χ0) is 14.8. The van der Waals surface area contributed by atoms with Gasteiger partial charge in [-0.2, -0.15) is 0 Å². The molecule has 20 heavy (non-hydrogen) atoms. The van der Waals surface area contributed by atoms with Crippen molar-refractivity contribution >= 4 is 23.2 Å². The highest BCUT2D eigenvalue weighted by molar-refractivity contribution is 6.33. The summed E-state index contributed by atoms with van der Waals surface area (Å²) < 4.78 is 0. The summed E-state index contributed by atoms with van der Waals surface area (Å²) in [6.45, 7) is 4.42. The lowest BCUT2D eigenvalue weighted by molar-refractivity contribution is -0.116. The minimum absolute atomic E-state index is 0.0578. The Kier molecular flexibility index (Phi) is 8.26. The van der Waals surface area contributed by atoms with Crippen molar-refractivity contribution in [3.8, 4) is 0 Å². The van der Waals surface area contributed by atoms with Crippen molar-refractivity contribution in [1.82, 2.24) is 4.90 Å². The number of nitrogens with one attached hydrogen (secondary N) is 1. The van der Waals surface area contributed by atoms with E-state index in [1.165, 1.54) is 0 Å². The van der Waals surface area contributed by atoms with Crippen molar-refractivity contribution in [3.63, 3.8) is 0 Å². The average Bonchev–Trinajstić information content (AvgIpc) is 2.44. The van der Waals surface area contributed by atoms with E-state index in [-0.39, 0.29) is 12.5 Å². The summed E-state index contributed by atoms with van der Waals surface area (Å²) >= 11 is 5.99. The average molecular weight is 299 g/mol. The van der Waals surface area contributed by atoms with Crippen LogP contribution in [0.1, 0.15) is 26.2 Å². The number of carbonyl (C=O) groups is 1. The van der Waals surface area contributed by atoms with Crippen LogP contribution >= 0.6 is 11.6 Å². The second kappa shape index (κ2) is 9.75. The van der Waals surface area contributed by atoms with Gasteiger partial charge in [0.25, 0.3) is 0 Å². The minimum atomic E-state index is -0.0578. The maximum atomic E-state index is 11.9. The number of hydrogen-bond donors (Lipinski definition) is 2. The monoisotopic (exact) mass is 298 g/mol. The molecule has 5 heteroatoms. The molecule has 1 aromatic rings. The standard InChI is InChI=1S/C15H23ClN2O2/c1-2-3-9-18(11-12-19)10-8-15(20)17-14-7-5-4-6-13(14)16/h4-7,19H,2-3,8-12H2,1H3,(H,17,20). The Hall–Kier alpha value is -1.10. The Balaban J connectivity index is 2.39. The molecule has 1 aromatic carbocycles. The largest absolute Gasteiger partial charge is 0.395 e. The number of aliphatic hydroxyl groups excluding tert-OH is 1. The van der Waals surface area contributed by atoms with Gasteiger partial charge in [0.2, 0.25) is 5.91 Å². The third-order valence-corrected chi connectivity index (χ3v) is 3.38. The topological polar surface area (TPSA) is 52.6 Å². The zero-order valence-electron chi connectivity index (χ0n) is 11.9. The van der Waals surface area contributed by atoms with E-state index in [4.69, 9.17) is 16.7 Å². The molecule has 0 radical (unpaired) electrons. The summed E-state index contributed by atoms with van der Waals surface area (Å²) in [6.07, 6.45) is 2.58. The van der Waals surface area contributed by atoms with Crippen molar-refractivity contribution in [2.45, 2.75) is 26.2 Å². The molecule has 0 fully saturated rings. The van der Waals surface area contributed by atoms with Gasteiger partial charge in [0, 0.05) is 19.5 Å². The van der Waals surface area contributed by atoms with Crippen LogP contribution in [0, 0.1) is 0 Å². The van der Waals surface area contributed by atoms with E-state index in [2.05, 4.69) is 17.1 Å². The highest BCUT2D eigenvalue weighted by atomic mass is 35.5. The van der Waals surface area contributed by atoms with Crippen LogP contribution in [0.4, 0.5) is 5.69 Å². The van der Waals surface area contributed by atoms with E-state index in [1.54, 1.807) is 12.1 Å². The zero-order valence-corrected chi connectivity index (χ0v) is 12.7. The van der Waals surface area contributed by atoms with Gasteiger partial charge >= 0.3 is 0 Å². The molecule has 0 heterocycles. The fourth-order valence-corrected chi connectivity index (χ4v) is 2.08. The van der Waals surface area contributed by atoms with Crippen molar-refractivity contribution in [1.29, 1.82) is 0 Å². The number of carbonyl (C=O) groups excluding carboxylic acids is 1. The summed E-state index contributed by atoms with van der Waals surface area (Å²) in [7, 11) is 0. The van der Waals surface area contributed by atoms with Gasteiger partial charge in [0.1, 0.15) is 0 Å². The number of rotatable bonds is 9. The van der Waals surface area contributed by atoms with E-state index in [0.29, 0.717) is 30.2 Å². The first-order chi connectivity index (χ1) is 9.67. The van der Waals surface area contributed by atoms with Crippen LogP contribution in [0.2, 0.25) is 5.02 Å². The smallest absolute Gasteiger partial charge is 0.225 e. The molecule has 0 spiro atoms. The Labute approximate surface area is 125 Å². The quantitative estimate of drug-likeness (QED) is 0.737. The van der Waals surface area contributed by atoms with Gasteiger partial charge in [-0.05, 0) is 25.1 Å². The maximum absolute atomic E-state index is 11.9. The van der Waals surface area contributed by atoms with Gasteiger partial charge in [-0.3, -0.25) is 4.79 Å². The maximum Gasteiger partial charge on any atom is 0.225 e. The number of anilines is 1. The van der Waals surface area contributed by atoms with Gasteiger partial charge in [-0.25, -0.2) is 0 Å². The van der Waals surface area contributed by atoms with Crippen LogP contribution in [0.25, 0.3) is 0 Å². The summed E-state index contributed by atoms with van der Waals surface area (Å²) in [4.78, 5) is 14.0. The van der Waals surface area contributed by atoms with Crippen molar-refractivity contribution in [2.24, 2.45) is 0 Å². The molecule has 0 bridgehead atoms. The molecular formula is C15H23ClN2O2. The second-order valence-electron chi connectivity index (χ2n) is 4.70.